The summed E-state index contributed by atoms with van der Waals surface area (Å²) in [5.74, 6) is -3.03. The smallest absolute Gasteiger partial charge is 0.267 e. The summed E-state index contributed by atoms with van der Waals surface area (Å²) in [6, 6.07) is 10.0. The summed E-state index contributed by atoms with van der Waals surface area (Å²) >= 11 is 5.84. The third-order valence-corrected chi connectivity index (χ3v) is 3.94. The lowest BCUT2D eigenvalue weighted by Gasteiger charge is -2.12. The van der Waals surface area contributed by atoms with E-state index in [4.69, 9.17) is 11.6 Å². The zero-order valence-corrected chi connectivity index (χ0v) is 14.9. The molecule has 12 heteroatoms. The molecule has 0 saturated carbocycles. The molecule has 2 aromatic carbocycles. The summed E-state index contributed by atoms with van der Waals surface area (Å²) in [6.45, 7) is 0. The van der Waals surface area contributed by atoms with Crippen molar-refractivity contribution < 1.29 is 27.2 Å². The molecule has 0 radical (unpaired) electrons. The predicted octanol–water partition coefficient (Wildman–Crippen LogP) is 3.15. The minimum absolute atomic E-state index is 0.00562. The molecule has 29 heavy (non-hydrogen) atoms. The van der Waals surface area contributed by atoms with Gasteiger partial charge in [0.25, 0.3) is 11.8 Å². The van der Waals surface area contributed by atoms with Crippen LogP contribution in [-0.2, 0) is 6.18 Å². The molecule has 2 N–H and O–H groups in total. The average molecular weight is 428 g/mol. The van der Waals surface area contributed by atoms with Crippen LogP contribution in [0, 0.1) is 5.82 Å². The summed E-state index contributed by atoms with van der Waals surface area (Å²) in [6.07, 6.45) is -5.05. The van der Waals surface area contributed by atoms with Crippen LogP contribution in [0.2, 0.25) is 5.02 Å². The molecule has 0 aliphatic carbocycles. The molecule has 0 bridgehead atoms. The number of amides is 2. The zero-order valence-electron chi connectivity index (χ0n) is 14.2. The first-order valence-corrected chi connectivity index (χ1v) is 8.20. The molecule has 0 saturated heterocycles. The number of halogens is 5. The molecule has 1 heterocycles. The minimum Gasteiger partial charge on any atom is -0.267 e. The molecule has 0 fully saturated rings. The van der Waals surface area contributed by atoms with Gasteiger partial charge in [-0.05, 0) is 30.3 Å². The number of aromatic nitrogens is 3. The van der Waals surface area contributed by atoms with E-state index in [1.165, 1.54) is 24.3 Å². The largest absolute Gasteiger partial charge is 0.435 e. The van der Waals surface area contributed by atoms with Crippen molar-refractivity contribution in [2.45, 2.75) is 6.18 Å². The Bertz CT molecular complexity index is 1080. The van der Waals surface area contributed by atoms with Crippen LogP contribution in [0.25, 0.3) is 5.69 Å². The van der Waals surface area contributed by atoms with E-state index in [0.717, 1.165) is 18.2 Å². The molecule has 0 aliphatic heterocycles. The zero-order chi connectivity index (χ0) is 21.2. The molecule has 1 aromatic heterocycles. The van der Waals surface area contributed by atoms with Gasteiger partial charge in [0.1, 0.15) is 5.82 Å². The van der Waals surface area contributed by atoms with E-state index in [1.54, 1.807) is 6.07 Å². The van der Waals surface area contributed by atoms with Crippen LogP contribution in [0.3, 0.4) is 0 Å². The fraction of sp³-hybridized carbons (Fsp3) is 0.0588. The molecular formula is C17H10ClF4N5O2. The van der Waals surface area contributed by atoms with Gasteiger partial charge in [-0.3, -0.25) is 20.4 Å². The van der Waals surface area contributed by atoms with Gasteiger partial charge in [0.05, 0.1) is 16.3 Å². The Kier molecular flexibility index (Phi) is 5.50. The Labute approximate surface area is 165 Å². The number of hydrazine groups is 1. The van der Waals surface area contributed by atoms with Gasteiger partial charge in [-0.25, -0.2) is 9.07 Å². The van der Waals surface area contributed by atoms with Crippen molar-refractivity contribution in [3.05, 3.63) is 76.3 Å². The van der Waals surface area contributed by atoms with E-state index < -0.39 is 35.2 Å². The highest BCUT2D eigenvalue weighted by atomic mass is 35.5. The van der Waals surface area contributed by atoms with Crippen molar-refractivity contribution in [2.24, 2.45) is 0 Å². The third kappa shape index (κ3) is 4.35. The topological polar surface area (TPSA) is 88.9 Å². The monoisotopic (exact) mass is 427 g/mol. The van der Waals surface area contributed by atoms with Crippen molar-refractivity contribution >= 4 is 23.4 Å². The summed E-state index contributed by atoms with van der Waals surface area (Å²) in [5.41, 5.74) is 0.835. The van der Waals surface area contributed by atoms with E-state index in [9.17, 15) is 27.2 Å². The lowest BCUT2D eigenvalue weighted by atomic mass is 10.2. The number of nitrogens with zero attached hydrogens (tertiary/aromatic N) is 3. The predicted molar refractivity (Wildman–Crippen MR) is 92.7 cm³/mol. The van der Waals surface area contributed by atoms with Crippen LogP contribution < -0.4 is 10.9 Å². The van der Waals surface area contributed by atoms with Gasteiger partial charge >= 0.3 is 6.18 Å². The average Bonchev–Trinajstić information content (AvgIpc) is 3.12. The van der Waals surface area contributed by atoms with Gasteiger partial charge < -0.3 is 0 Å². The molecule has 150 valence electrons. The second kappa shape index (κ2) is 7.87. The van der Waals surface area contributed by atoms with Crippen molar-refractivity contribution in [1.29, 1.82) is 0 Å². The van der Waals surface area contributed by atoms with Crippen molar-refractivity contribution in [3.8, 4) is 5.69 Å². The molecule has 0 atom stereocenters. The van der Waals surface area contributed by atoms with Crippen LogP contribution in [-0.4, -0.2) is 26.8 Å². The molecule has 0 spiro atoms. The van der Waals surface area contributed by atoms with Gasteiger partial charge in [0.2, 0.25) is 0 Å². The Morgan fingerprint density at radius 2 is 1.69 bits per heavy atom. The van der Waals surface area contributed by atoms with E-state index in [0.29, 0.717) is 0 Å². The maximum atomic E-state index is 13.5. The molecule has 3 rings (SSSR count). The number of carbonyl (C=O) groups excluding carboxylic acids is 2. The summed E-state index contributed by atoms with van der Waals surface area (Å²) in [4.78, 5) is 24.2. The first kappa shape index (κ1) is 20.3. The standard InChI is InChI=1S/C17H10ClF4N5O2/c18-12-7-2-1-6-11(12)15(28)24-25-16(29)13-14(17(20,21)22)27(26-23-13)10-5-3-4-9(19)8-10/h1-8H,(H,24,28)(H,25,29). The first-order chi connectivity index (χ1) is 13.7. The van der Waals surface area contributed by atoms with Gasteiger partial charge in [-0.1, -0.05) is 35.0 Å². The Hall–Kier alpha value is -3.47. The number of rotatable bonds is 3. The third-order valence-electron chi connectivity index (χ3n) is 3.61. The number of hydrogen-bond donors (Lipinski definition) is 2. The second-order valence-electron chi connectivity index (χ2n) is 5.56. The summed E-state index contributed by atoms with van der Waals surface area (Å²) in [7, 11) is 0. The number of carbonyl (C=O) groups is 2. The van der Waals surface area contributed by atoms with E-state index in [2.05, 4.69) is 10.3 Å². The molecule has 7 nitrogen and oxygen atoms in total. The van der Waals surface area contributed by atoms with Gasteiger partial charge in [0, 0.05) is 0 Å². The first-order valence-electron chi connectivity index (χ1n) is 7.82. The summed E-state index contributed by atoms with van der Waals surface area (Å²) in [5, 5.41) is 6.61. The number of nitrogens with one attached hydrogen (secondary N) is 2. The van der Waals surface area contributed by atoms with Crippen LogP contribution in [0.4, 0.5) is 17.6 Å². The number of alkyl halides is 3. The Morgan fingerprint density at radius 1 is 1.00 bits per heavy atom. The van der Waals surface area contributed by atoms with Crippen LogP contribution in [0.5, 0.6) is 0 Å². The highest BCUT2D eigenvalue weighted by Gasteiger charge is 2.42. The maximum Gasteiger partial charge on any atom is 0.435 e. The quantitative estimate of drug-likeness (QED) is 0.496. The highest BCUT2D eigenvalue weighted by molar-refractivity contribution is 6.33. The van der Waals surface area contributed by atoms with Gasteiger partial charge in [-0.2, -0.15) is 13.2 Å². The summed E-state index contributed by atoms with van der Waals surface area (Å²) < 4.78 is 54.2. The molecule has 3 aromatic rings. The van der Waals surface area contributed by atoms with Crippen molar-refractivity contribution in [1.82, 2.24) is 25.8 Å². The van der Waals surface area contributed by atoms with Crippen molar-refractivity contribution in [2.75, 3.05) is 0 Å². The lowest BCUT2D eigenvalue weighted by molar-refractivity contribution is -0.143. The number of hydrogen-bond acceptors (Lipinski definition) is 4. The van der Waals surface area contributed by atoms with Crippen molar-refractivity contribution in [3.63, 3.8) is 0 Å². The van der Waals surface area contributed by atoms with Crippen LogP contribution in [0.1, 0.15) is 26.5 Å². The van der Waals surface area contributed by atoms with Crippen LogP contribution in [0.15, 0.2) is 48.5 Å². The van der Waals surface area contributed by atoms with E-state index >= 15 is 0 Å². The molecular weight excluding hydrogens is 418 g/mol. The van der Waals surface area contributed by atoms with Gasteiger partial charge in [0.15, 0.2) is 11.4 Å². The SMILES string of the molecule is O=C(NNC(=O)c1nnn(-c2cccc(F)c2)c1C(F)(F)F)c1ccccc1Cl. The fourth-order valence-electron chi connectivity index (χ4n) is 2.36. The normalized spacial score (nSPS) is 11.2. The van der Waals surface area contributed by atoms with Crippen LogP contribution >= 0.6 is 11.6 Å². The molecule has 0 unspecified atom stereocenters. The second-order valence-corrected chi connectivity index (χ2v) is 5.97. The minimum atomic E-state index is -5.05. The lowest BCUT2D eigenvalue weighted by Crippen LogP contribution is -2.42. The van der Waals surface area contributed by atoms with E-state index in [1.807, 2.05) is 10.9 Å². The van der Waals surface area contributed by atoms with Gasteiger partial charge in [-0.15, -0.1) is 5.10 Å². The molecule has 2 amide bonds. The highest BCUT2D eigenvalue weighted by Crippen LogP contribution is 2.32. The molecule has 0 aliphatic rings. The maximum absolute atomic E-state index is 13.5. The Balaban J connectivity index is 1.87. The number of benzene rings is 2. The fourth-order valence-corrected chi connectivity index (χ4v) is 2.58. The van der Waals surface area contributed by atoms with E-state index in [-0.39, 0.29) is 21.0 Å². The Morgan fingerprint density at radius 3 is 2.34 bits per heavy atom.